The molecule has 0 unspecified atom stereocenters. The highest BCUT2D eigenvalue weighted by Crippen LogP contribution is 2.25. The lowest BCUT2D eigenvalue weighted by Crippen LogP contribution is -2.50. The van der Waals surface area contributed by atoms with Crippen LogP contribution in [0.4, 0.5) is 0 Å². The van der Waals surface area contributed by atoms with Gasteiger partial charge in [0.15, 0.2) is 0 Å². The molecule has 0 bridgehead atoms. The lowest BCUT2D eigenvalue weighted by molar-refractivity contribution is 0.0656. The molecule has 1 fully saturated rings. The van der Waals surface area contributed by atoms with Gasteiger partial charge in [-0.2, -0.15) is 4.31 Å². The van der Waals surface area contributed by atoms with Gasteiger partial charge >= 0.3 is 11.8 Å². The van der Waals surface area contributed by atoms with E-state index in [1.807, 2.05) is 12.1 Å². The van der Waals surface area contributed by atoms with Gasteiger partial charge in [0.05, 0.1) is 4.90 Å². The minimum absolute atomic E-state index is 0.0403. The number of hydrogen-bond acceptors (Lipinski definition) is 6. The molecule has 0 atom stereocenters. The van der Waals surface area contributed by atoms with Gasteiger partial charge in [-0.15, -0.1) is 10.2 Å². The van der Waals surface area contributed by atoms with E-state index in [0.29, 0.717) is 5.89 Å². The minimum Gasteiger partial charge on any atom is -0.417 e. The minimum atomic E-state index is -3.59. The van der Waals surface area contributed by atoms with Gasteiger partial charge in [0.2, 0.25) is 15.9 Å². The van der Waals surface area contributed by atoms with Crippen molar-refractivity contribution in [1.82, 2.24) is 19.4 Å². The first kappa shape index (κ1) is 19.5. The van der Waals surface area contributed by atoms with Crippen LogP contribution in [-0.2, 0) is 15.4 Å². The number of carbonyl (C=O) groups excluding carboxylic acids is 1. The summed E-state index contributed by atoms with van der Waals surface area (Å²) in [7, 11) is -3.59. The van der Waals surface area contributed by atoms with E-state index in [9.17, 15) is 13.2 Å². The third-order valence-corrected chi connectivity index (χ3v) is 6.51. The molecule has 9 heteroatoms. The molecule has 2 heterocycles. The molecule has 3 rings (SSSR count). The predicted octanol–water partition coefficient (Wildman–Crippen LogP) is 1.82. The maximum Gasteiger partial charge on any atom is 0.311 e. The zero-order valence-corrected chi connectivity index (χ0v) is 16.8. The number of aryl methyl sites for hydroxylation is 1. The summed E-state index contributed by atoms with van der Waals surface area (Å²) >= 11 is 0. The second-order valence-corrected chi connectivity index (χ2v) is 9.53. The summed E-state index contributed by atoms with van der Waals surface area (Å²) in [5, 5.41) is 7.37. The summed E-state index contributed by atoms with van der Waals surface area (Å²) in [6.07, 6.45) is 0. The van der Waals surface area contributed by atoms with Gasteiger partial charge < -0.3 is 9.32 Å². The number of rotatable bonds is 3. The second-order valence-electron chi connectivity index (χ2n) is 7.60. The lowest BCUT2D eigenvalue weighted by atomic mass is 9.87. The first-order valence-electron chi connectivity index (χ1n) is 8.79. The first-order valence-corrected chi connectivity index (χ1v) is 10.2. The van der Waals surface area contributed by atoms with Crippen molar-refractivity contribution in [2.45, 2.75) is 38.0 Å². The average Bonchev–Trinajstić information content (AvgIpc) is 3.07. The Balaban J connectivity index is 1.68. The van der Waals surface area contributed by atoms with Gasteiger partial charge in [-0.3, -0.25) is 4.79 Å². The fraction of sp³-hybridized carbons (Fsp3) is 0.500. The van der Waals surface area contributed by atoms with Crippen LogP contribution in [0.1, 0.15) is 42.9 Å². The summed E-state index contributed by atoms with van der Waals surface area (Å²) < 4.78 is 32.3. The highest BCUT2D eigenvalue weighted by molar-refractivity contribution is 7.89. The highest BCUT2D eigenvalue weighted by atomic mass is 32.2. The van der Waals surface area contributed by atoms with Crippen LogP contribution in [0.3, 0.4) is 0 Å². The Kier molecular flexibility index (Phi) is 5.09. The van der Waals surface area contributed by atoms with Crippen LogP contribution in [0.2, 0.25) is 0 Å². The monoisotopic (exact) mass is 392 g/mol. The average molecular weight is 392 g/mol. The number of piperazine rings is 1. The van der Waals surface area contributed by atoms with E-state index in [4.69, 9.17) is 4.42 Å². The molecule has 2 aromatic rings. The quantitative estimate of drug-likeness (QED) is 0.790. The molecule has 1 aromatic heterocycles. The Morgan fingerprint density at radius 1 is 1.04 bits per heavy atom. The smallest absolute Gasteiger partial charge is 0.311 e. The number of benzene rings is 1. The predicted molar refractivity (Wildman–Crippen MR) is 98.8 cm³/mol. The number of carbonyl (C=O) groups is 1. The van der Waals surface area contributed by atoms with E-state index >= 15 is 0 Å². The third kappa shape index (κ3) is 4.03. The van der Waals surface area contributed by atoms with Crippen molar-refractivity contribution in [2.75, 3.05) is 26.2 Å². The molecule has 1 aliphatic rings. The number of sulfonamides is 1. The Morgan fingerprint density at radius 2 is 1.63 bits per heavy atom. The zero-order valence-electron chi connectivity index (χ0n) is 16.0. The molecule has 0 aliphatic carbocycles. The van der Waals surface area contributed by atoms with Gasteiger partial charge in [-0.05, 0) is 23.1 Å². The summed E-state index contributed by atoms with van der Waals surface area (Å²) in [6.45, 7) is 8.86. The van der Waals surface area contributed by atoms with Gasteiger partial charge in [0, 0.05) is 33.1 Å². The molecule has 0 saturated carbocycles. The topological polar surface area (TPSA) is 96.6 Å². The van der Waals surface area contributed by atoms with Crippen molar-refractivity contribution in [3.63, 3.8) is 0 Å². The van der Waals surface area contributed by atoms with Crippen LogP contribution in [0.5, 0.6) is 0 Å². The van der Waals surface area contributed by atoms with Crippen LogP contribution in [0, 0.1) is 6.92 Å². The molecule has 8 nitrogen and oxygen atoms in total. The van der Waals surface area contributed by atoms with E-state index in [-0.39, 0.29) is 48.3 Å². The van der Waals surface area contributed by atoms with Gasteiger partial charge in [-0.25, -0.2) is 8.42 Å². The summed E-state index contributed by atoms with van der Waals surface area (Å²) in [5.74, 6) is -0.123. The highest BCUT2D eigenvalue weighted by Gasteiger charge is 2.32. The zero-order chi connectivity index (χ0) is 19.8. The van der Waals surface area contributed by atoms with E-state index in [2.05, 4.69) is 31.0 Å². The third-order valence-electron chi connectivity index (χ3n) is 4.59. The molecule has 146 valence electrons. The van der Waals surface area contributed by atoms with Crippen molar-refractivity contribution >= 4 is 15.9 Å². The van der Waals surface area contributed by atoms with E-state index in [1.54, 1.807) is 19.1 Å². The maximum absolute atomic E-state index is 12.9. The standard InChI is InChI=1S/C18H24N4O4S/c1-13-19-20-16(26-13)17(23)21-9-11-22(12-10-21)27(24,25)15-7-5-14(6-8-15)18(2,3)4/h5-8H,9-12H2,1-4H3. The summed E-state index contributed by atoms with van der Waals surface area (Å²) in [6, 6.07) is 7.00. The van der Waals surface area contributed by atoms with Gasteiger partial charge in [0.1, 0.15) is 0 Å². The molecule has 1 saturated heterocycles. The van der Waals surface area contributed by atoms with Crippen molar-refractivity contribution in [2.24, 2.45) is 0 Å². The fourth-order valence-corrected chi connectivity index (χ4v) is 4.35. The molecule has 1 aromatic carbocycles. The molecule has 0 N–H and O–H groups in total. The second kappa shape index (κ2) is 7.05. The number of amides is 1. The first-order chi connectivity index (χ1) is 12.6. The SMILES string of the molecule is Cc1nnc(C(=O)N2CCN(S(=O)(=O)c3ccc(C(C)(C)C)cc3)CC2)o1. The molecule has 1 amide bonds. The molecule has 0 spiro atoms. The van der Waals surface area contributed by atoms with Crippen LogP contribution in [-0.4, -0.2) is 59.9 Å². The molecular weight excluding hydrogens is 368 g/mol. The van der Waals surface area contributed by atoms with Crippen LogP contribution < -0.4 is 0 Å². The van der Waals surface area contributed by atoms with E-state index in [1.165, 1.54) is 9.21 Å². The number of nitrogens with zero attached hydrogens (tertiary/aromatic N) is 4. The Hall–Kier alpha value is -2.26. The molecule has 27 heavy (non-hydrogen) atoms. The van der Waals surface area contributed by atoms with Crippen LogP contribution in [0.15, 0.2) is 33.6 Å². The van der Waals surface area contributed by atoms with Gasteiger partial charge in [0.25, 0.3) is 0 Å². The summed E-state index contributed by atoms with van der Waals surface area (Å²) in [4.78, 5) is 14.1. The summed E-state index contributed by atoms with van der Waals surface area (Å²) in [5.41, 5.74) is 1.04. The largest absolute Gasteiger partial charge is 0.417 e. The Bertz CT molecular complexity index is 921. The van der Waals surface area contributed by atoms with Crippen LogP contribution >= 0.6 is 0 Å². The fourth-order valence-electron chi connectivity index (χ4n) is 2.93. The molecular formula is C18H24N4O4S. The van der Waals surface area contributed by atoms with E-state index < -0.39 is 10.0 Å². The van der Waals surface area contributed by atoms with E-state index in [0.717, 1.165) is 5.56 Å². The van der Waals surface area contributed by atoms with Crippen molar-refractivity contribution in [3.8, 4) is 0 Å². The van der Waals surface area contributed by atoms with Crippen LogP contribution in [0.25, 0.3) is 0 Å². The van der Waals surface area contributed by atoms with Crippen molar-refractivity contribution in [3.05, 3.63) is 41.6 Å². The number of hydrogen-bond donors (Lipinski definition) is 0. The number of aromatic nitrogens is 2. The van der Waals surface area contributed by atoms with Crippen molar-refractivity contribution < 1.29 is 17.6 Å². The lowest BCUT2D eigenvalue weighted by Gasteiger charge is -2.33. The van der Waals surface area contributed by atoms with Crippen molar-refractivity contribution in [1.29, 1.82) is 0 Å². The molecule has 1 aliphatic heterocycles. The normalized spacial score (nSPS) is 16.5. The Morgan fingerprint density at radius 3 is 2.11 bits per heavy atom. The van der Waals surface area contributed by atoms with Gasteiger partial charge in [-0.1, -0.05) is 32.9 Å². The molecule has 0 radical (unpaired) electrons. The maximum atomic E-state index is 12.9. The Labute approximate surface area is 159 Å².